The fraction of sp³-hybridized carbons (Fsp3) is 0.440. The highest BCUT2D eigenvalue weighted by atomic mass is 19.4. The molecular formula is C25H25F3N8O3. The third-order valence-corrected chi connectivity index (χ3v) is 7.28. The Bertz CT molecular complexity index is 1380. The van der Waals surface area contributed by atoms with Crippen molar-refractivity contribution in [3.05, 3.63) is 47.8 Å². The number of pyridine rings is 1. The summed E-state index contributed by atoms with van der Waals surface area (Å²) in [6, 6.07) is 3.37. The maximum Gasteiger partial charge on any atom is 0.451 e. The molecule has 1 spiro atoms. The number of likely N-dealkylation sites (N-methyl/N-ethyl adjacent to an activating group) is 1. The van der Waals surface area contributed by atoms with Gasteiger partial charge in [-0.25, -0.2) is 19.9 Å². The molecule has 1 saturated heterocycles. The van der Waals surface area contributed by atoms with Gasteiger partial charge in [0.1, 0.15) is 11.2 Å². The number of anilines is 3. The van der Waals surface area contributed by atoms with Crippen molar-refractivity contribution < 1.29 is 27.4 Å². The quantitative estimate of drug-likeness (QED) is 0.514. The molecule has 6 rings (SSSR count). The maximum atomic E-state index is 13.6. The third kappa shape index (κ3) is 4.58. The molecule has 0 radical (unpaired) electrons. The second kappa shape index (κ2) is 9.59. The Balaban J connectivity index is 1.17. The van der Waals surface area contributed by atoms with E-state index in [-0.39, 0.29) is 17.5 Å². The van der Waals surface area contributed by atoms with Crippen LogP contribution in [0.2, 0.25) is 0 Å². The Morgan fingerprint density at radius 2 is 1.87 bits per heavy atom. The fourth-order valence-electron chi connectivity index (χ4n) is 5.22. The van der Waals surface area contributed by atoms with E-state index in [2.05, 4.69) is 20.3 Å². The summed E-state index contributed by atoms with van der Waals surface area (Å²) in [5, 5.41) is 3.25. The van der Waals surface area contributed by atoms with Crippen LogP contribution in [0, 0.1) is 0 Å². The highest BCUT2D eigenvalue weighted by Crippen LogP contribution is 2.46. The number of amides is 1. The van der Waals surface area contributed by atoms with Crippen LogP contribution in [0.15, 0.2) is 30.7 Å². The molecule has 3 aliphatic heterocycles. The number of nitrogens with one attached hydrogen (secondary N) is 1. The Kier molecular flexibility index (Phi) is 6.20. The summed E-state index contributed by atoms with van der Waals surface area (Å²) in [7, 11) is 1.92. The van der Waals surface area contributed by atoms with Crippen LogP contribution in [0.4, 0.5) is 30.6 Å². The van der Waals surface area contributed by atoms with Gasteiger partial charge in [-0.2, -0.15) is 18.2 Å². The van der Waals surface area contributed by atoms with Crippen molar-refractivity contribution in [2.45, 2.75) is 43.9 Å². The summed E-state index contributed by atoms with van der Waals surface area (Å²) in [5.41, 5.74) is 1.79. The van der Waals surface area contributed by atoms with Crippen molar-refractivity contribution in [2.24, 2.45) is 0 Å². The smallest absolute Gasteiger partial charge is 0.436 e. The van der Waals surface area contributed by atoms with E-state index in [0.717, 1.165) is 48.0 Å². The van der Waals surface area contributed by atoms with Gasteiger partial charge in [0.15, 0.2) is 11.6 Å². The van der Waals surface area contributed by atoms with E-state index in [1.54, 1.807) is 18.3 Å². The zero-order chi connectivity index (χ0) is 27.2. The monoisotopic (exact) mass is 542 g/mol. The minimum absolute atomic E-state index is 0.0387. The molecule has 0 bridgehead atoms. The molecule has 3 aromatic rings. The molecule has 1 amide bonds. The van der Waals surface area contributed by atoms with E-state index in [4.69, 9.17) is 19.4 Å². The predicted octanol–water partition coefficient (Wildman–Crippen LogP) is 3.36. The largest absolute Gasteiger partial charge is 0.451 e. The summed E-state index contributed by atoms with van der Waals surface area (Å²) in [6.45, 7) is 2.09. The SMILES string of the molecule is CN1c2nc(NCc3ccc(Oc4cnc(C(F)(F)F)nc4)nc3)nc3c2N(CCC3)C(=O)C12CCOCC2. The van der Waals surface area contributed by atoms with Crippen LogP contribution in [-0.2, 0) is 28.7 Å². The first-order valence-corrected chi connectivity index (χ1v) is 12.5. The summed E-state index contributed by atoms with van der Waals surface area (Å²) >= 11 is 0. The Morgan fingerprint density at radius 3 is 2.56 bits per heavy atom. The number of nitrogens with zero attached hydrogens (tertiary/aromatic N) is 7. The van der Waals surface area contributed by atoms with Gasteiger partial charge < -0.3 is 24.6 Å². The van der Waals surface area contributed by atoms with Crippen molar-refractivity contribution in [2.75, 3.05) is 41.9 Å². The highest BCUT2D eigenvalue weighted by Gasteiger charge is 2.52. The topological polar surface area (TPSA) is 118 Å². The van der Waals surface area contributed by atoms with Crippen LogP contribution < -0.4 is 19.9 Å². The van der Waals surface area contributed by atoms with Gasteiger partial charge in [-0.3, -0.25) is 4.79 Å². The van der Waals surface area contributed by atoms with Crippen molar-refractivity contribution >= 4 is 23.4 Å². The van der Waals surface area contributed by atoms with Crippen LogP contribution in [0.25, 0.3) is 0 Å². The lowest BCUT2D eigenvalue weighted by Crippen LogP contribution is -2.65. The molecule has 3 aromatic heterocycles. The Morgan fingerprint density at radius 1 is 1.10 bits per heavy atom. The van der Waals surface area contributed by atoms with Crippen molar-refractivity contribution in [3.8, 4) is 11.6 Å². The molecular weight excluding hydrogens is 517 g/mol. The van der Waals surface area contributed by atoms with Gasteiger partial charge in [0.25, 0.3) is 5.91 Å². The van der Waals surface area contributed by atoms with Gasteiger partial charge in [0.2, 0.25) is 17.7 Å². The number of aryl methyl sites for hydroxylation is 1. The predicted molar refractivity (Wildman–Crippen MR) is 133 cm³/mol. The Hall–Kier alpha value is -4.07. The highest BCUT2D eigenvalue weighted by molar-refractivity contribution is 6.08. The average Bonchev–Trinajstić information content (AvgIpc) is 2.95. The summed E-state index contributed by atoms with van der Waals surface area (Å²) in [4.78, 5) is 37.7. The second-order valence-corrected chi connectivity index (χ2v) is 9.63. The van der Waals surface area contributed by atoms with E-state index in [9.17, 15) is 18.0 Å². The molecule has 0 aromatic carbocycles. The van der Waals surface area contributed by atoms with Crippen molar-refractivity contribution in [1.29, 1.82) is 0 Å². The van der Waals surface area contributed by atoms with Gasteiger partial charge >= 0.3 is 6.18 Å². The van der Waals surface area contributed by atoms with E-state index < -0.39 is 17.5 Å². The molecule has 6 heterocycles. The molecule has 11 nitrogen and oxygen atoms in total. The number of ether oxygens (including phenoxy) is 2. The summed E-state index contributed by atoms with van der Waals surface area (Å²) < 4.78 is 48.9. The van der Waals surface area contributed by atoms with Crippen LogP contribution in [0.3, 0.4) is 0 Å². The number of halogens is 3. The van der Waals surface area contributed by atoms with Crippen LogP contribution in [0.5, 0.6) is 11.6 Å². The number of carbonyl (C=O) groups excluding carboxylic acids is 1. The van der Waals surface area contributed by atoms with Gasteiger partial charge in [0.05, 0.1) is 18.1 Å². The minimum atomic E-state index is -4.62. The zero-order valence-corrected chi connectivity index (χ0v) is 21.0. The van der Waals surface area contributed by atoms with Gasteiger partial charge in [-0.05, 0) is 18.4 Å². The summed E-state index contributed by atoms with van der Waals surface area (Å²) in [5.74, 6) is 0.278. The van der Waals surface area contributed by atoms with E-state index >= 15 is 0 Å². The van der Waals surface area contributed by atoms with Crippen LogP contribution >= 0.6 is 0 Å². The minimum Gasteiger partial charge on any atom is -0.436 e. The van der Waals surface area contributed by atoms with Crippen LogP contribution in [0.1, 0.15) is 36.3 Å². The van der Waals surface area contributed by atoms with E-state index in [1.165, 1.54) is 0 Å². The number of hydrogen-bond donors (Lipinski definition) is 1. The second-order valence-electron chi connectivity index (χ2n) is 9.63. The van der Waals surface area contributed by atoms with Crippen molar-refractivity contribution in [1.82, 2.24) is 24.9 Å². The standard InChI is InChI=1S/C25H25F3N8O3/c1-35-20-19-17(3-2-8-36(19)22(37)24(35)6-9-38-10-7-24)33-23(34-20)32-12-15-4-5-18(29-11-15)39-16-13-30-21(31-14-16)25(26,27)28/h4-5,11,13-14H,2-3,6-10,12H2,1H3,(H,32,33,34). The molecule has 14 heteroatoms. The zero-order valence-electron chi connectivity index (χ0n) is 21.0. The molecule has 0 unspecified atom stereocenters. The molecule has 0 saturated carbocycles. The number of rotatable bonds is 5. The molecule has 0 aliphatic carbocycles. The normalized spacial score (nSPS) is 18.2. The first-order chi connectivity index (χ1) is 18.7. The molecule has 204 valence electrons. The fourth-order valence-corrected chi connectivity index (χ4v) is 5.22. The van der Waals surface area contributed by atoms with Crippen LogP contribution in [-0.4, -0.2) is 63.2 Å². The number of aromatic nitrogens is 5. The maximum absolute atomic E-state index is 13.6. The van der Waals surface area contributed by atoms with Gasteiger partial charge in [-0.15, -0.1) is 0 Å². The summed E-state index contributed by atoms with van der Waals surface area (Å²) in [6.07, 6.45) is 1.67. The first kappa shape index (κ1) is 25.2. The number of hydrogen-bond acceptors (Lipinski definition) is 10. The lowest BCUT2D eigenvalue weighted by atomic mass is 9.83. The third-order valence-electron chi connectivity index (χ3n) is 7.28. The lowest BCUT2D eigenvalue weighted by Gasteiger charge is -2.51. The number of carbonyl (C=O) groups is 1. The average molecular weight is 543 g/mol. The van der Waals surface area contributed by atoms with E-state index in [0.29, 0.717) is 45.1 Å². The molecule has 1 fully saturated rings. The Labute approximate surface area is 221 Å². The molecule has 3 aliphatic rings. The van der Waals surface area contributed by atoms with E-state index in [1.807, 2.05) is 16.8 Å². The lowest BCUT2D eigenvalue weighted by molar-refractivity contribution is -0.145. The van der Waals surface area contributed by atoms with Gasteiger partial charge in [-0.1, -0.05) is 6.07 Å². The molecule has 1 N–H and O–H groups in total. The molecule has 39 heavy (non-hydrogen) atoms. The molecule has 0 atom stereocenters. The van der Waals surface area contributed by atoms with Crippen molar-refractivity contribution in [3.63, 3.8) is 0 Å². The van der Waals surface area contributed by atoms with Gasteiger partial charge in [0, 0.05) is 58.5 Å². The number of alkyl halides is 3. The first-order valence-electron chi connectivity index (χ1n) is 12.5.